The molecule has 1 fully saturated rings. The highest BCUT2D eigenvalue weighted by Gasteiger charge is 2.34. The van der Waals surface area contributed by atoms with Crippen molar-refractivity contribution < 1.29 is 17.9 Å². The lowest BCUT2D eigenvalue weighted by molar-refractivity contribution is 0.0389. The Morgan fingerprint density at radius 1 is 1.06 bits per heavy atom. The van der Waals surface area contributed by atoms with Gasteiger partial charge in [-0.2, -0.15) is 4.98 Å². The predicted octanol–water partition coefficient (Wildman–Crippen LogP) is 3.18. The molecule has 1 amide bonds. The Morgan fingerprint density at radius 3 is 2.53 bits per heavy atom. The molecule has 9 nitrogen and oxygen atoms in total. The Morgan fingerprint density at radius 2 is 1.78 bits per heavy atom. The van der Waals surface area contributed by atoms with Gasteiger partial charge in [-0.3, -0.25) is 4.79 Å². The van der Waals surface area contributed by atoms with Crippen molar-refractivity contribution in [3.63, 3.8) is 0 Å². The second kappa shape index (κ2) is 10.0. The smallest absolute Gasteiger partial charge is 0.264 e. The number of fused-ring (bicyclic) bond motifs is 5. The predicted molar refractivity (Wildman–Crippen MR) is 139 cm³/mol. The van der Waals surface area contributed by atoms with Crippen molar-refractivity contribution in [2.24, 2.45) is 0 Å². The van der Waals surface area contributed by atoms with E-state index in [2.05, 4.69) is 20.0 Å². The molecule has 2 N–H and O–H groups in total. The van der Waals surface area contributed by atoms with Crippen LogP contribution in [0, 0.1) is 13.8 Å². The molecule has 2 atom stereocenters. The highest BCUT2D eigenvalue weighted by Crippen LogP contribution is 2.30. The first-order chi connectivity index (χ1) is 16.7. The Bertz CT molecular complexity index is 1400. The minimum Gasteiger partial charge on any atom is -0.472 e. The van der Waals surface area contributed by atoms with Crippen LogP contribution in [-0.2, 0) is 10.0 Å². The monoisotopic (exact) mass is 529 g/mol. The van der Waals surface area contributed by atoms with Crippen LogP contribution in [0.4, 0.5) is 5.95 Å². The number of anilines is 1. The number of piperazine rings is 1. The third kappa shape index (κ3) is 4.88. The minimum atomic E-state index is -4.06. The van der Waals surface area contributed by atoms with E-state index in [-0.39, 0.29) is 41.1 Å². The van der Waals surface area contributed by atoms with Gasteiger partial charge < -0.3 is 15.0 Å². The molecule has 1 saturated heterocycles. The summed E-state index contributed by atoms with van der Waals surface area (Å²) in [5.74, 6) is -0.106. The van der Waals surface area contributed by atoms with Crippen LogP contribution in [0.25, 0.3) is 11.3 Å². The quantitative estimate of drug-likeness (QED) is 0.497. The van der Waals surface area contributed by atoms with Gasteiger partial charge in [0.05, 0.1) is 16.6 Å². The normalized spacial score (nSPS) is 20.9. The van der Waals surface area contributed by atoms with E-state index in [1.54, 1.807) is 23.1 Å². The molecule has 2 unspecified atom stereocenters. The zero-order valence-corrected chi connectivity index (χ0v) is 21.8. The number of hydrogen-bond acceptors (Lipinski definition) is 7. The highest BCUT2D eigenvalue weighted by molar-refractivity contribution is 7.92. The largest absolute Gasteiger partial charge is 0.472 e. The van der Waals surface area contributed by atoms with Crippen molar-refractivity contribution in [1.82, 2.24) is 20.2 Å². The number of carbonyl (C=O) groups excluding carboxylic acids is 1. The average molecular weight is 530 g/mol. The number of sulfonamides is 1. The van der Waals surface area contributed by atoms with Crippen molar-refractivity contribution in [3.8, 4) is 17.1 Å². The fraction of sp³-hybridized carbons (Fsp3) is 0.320. The summed E-state index contributed by atoms with van der Waals surface area (Å²) < 4.78 is 35.2. The zero-order valence-electron chi connectivity index (χ0n) is 20.2. The molecule has 3 aromatic rings. The van der Waals surface area contributed by atoms with Gasteiger partial charge in [0.2, 0.25) is 11.8 Å². The average Bonchev–Trinajstić information content (AvgIpc) is 2.83. The topological polar surface area (TPSA) is 114 Å². The number of carbonyl (C=O) groups is 1. The van der Waals surface area contributed by atoms with E-state index in [0.717, 1.165) is 16.7 Å². The lowest BCUT2D eigenvalue weighted by Gasteiger charge is -2.39. The van der Waals surface area contributed by atoms with Gasteiger partial charge in [0, 0.05) is 36.8 Å². The molecule has 11 heteroatoms. The number of rotatable bonds is 1. The third-order valence-corrected chi connectivity index (χ3v) is 7.78. The molecule has 0 spiro atoms. The number of aryl methyl sites for hydroxylation is 2. The molecule has 3 heterocycles. The molecule has 5 rings (SSSR count). The van der Waals surface area contributed by atoms with Crippen LogP contribution in [0.1, 0.15) is 28.4 Å². The minimum absolute atomic E-state index is 0. The second-order valence-electron chi connectivity index (χ2n) is 8.91. The molecular weight excluding hydrogens is 502 g/mol. The molecule has 0 aliphatic carbocycles. The summed E-state index contributed by atoms with van der Waals surface area (Å²) in [5, 5.41) is 3.32. The first-order valence-electron chi connectivity index (χ1n) is 11.5. The van der Waals surface area contributed by atoms with Crippen LogP contribution in [0.15, 0.2) is 53.4 Å². The lowest BCUT2D eigenvalue weighted by Crippen LogP contribution is -2.58. The number of hydrogen-bond donors (Lipinski definition) is 2. The molecule has 4 bridgehead atoms. The van der Waals surface area contributed by atoms with Gasteiger partial charge in [0.1, 0.15) is 6.10 Å². The zero-order chi connectivity index (χ0) is 24.7. The summed E-state index contributed by atoms with van der Waals surface area (Å²) in [4.78, 5) is 24.0. The van der Waals surface area contributed by atoms with Gasteiger partial charge in [0.15, 0.2) is 0 Å². The highest BCUT2D eigenvalue weighted by atomic mass is 35.5. The second-order valence-corrected chi connectivity index (χ2v) is 10.6. The molecule has 2 aliphatic heterocycles. The van der Waals surface area contributed by atoms with Crippen LogP contribution >= 0.6 is 12.4 Å². The Balaban J connectivity index is 0.00000304. The van der Waals surface area contributed by atoms with Crippen molar-refractivity contribution in [2.45, 2.75) is 37.8 Å². The summed E-state index contributed by atoms with van der Waals surface area (Å²) in [6.45, 7) is 7.51. The summed E-state index contributed by atoms with van der Waals surface area (Å²) in [6, 6.07) is 13.4. The lowest BCUT2D eigenvalue weighted by atomic mass is 10.00. The number of aromatic nitrogens is 2. The summed E-state index contributed by atoms with van der Waals surface area (Å²) in [7, 11) is -4.06. The number of ether oxygens (including phenoxy) is 1. The number of benzene rings is 2. The number of nitrogens with zero attached hydrogens (tertiary/aromatic N) is 3. The van der Waals surface area contributed by atoms with Gasteiger partial charge in [0.25, 0.3) is 15.9 Å². The van der Waals surface area contributed by atoms with Gasteiger partial charge in [-0.05, 0) is 50.1 Å². The Labute approximate surface area is 216 Å². The van der Waals surface area contributed by atoms with Gasteiger partial charge >= 0.3 is 0 Å². The first-order valence-corrected chi connectivity index (χ1v) is 13.0. The van der Waals surface area contributed by atoms with Crippen molar-refractivity contribution in [2.75, 3.05) is 24.4 Å². The first kappa shape index (κ1) is 25.9. The van der Waals surface area contributed by atoms with Crippen LogP contribution in [0.2, 0.25) is 0 Å². The van der Waals surface area contributed by atoms with Crippen LogP contribution in [0.5, 0.6) is 5.88 Å². The van der Waals surface area contributed by atoms with Gasteiger partial charge in [-0.25, -0.2) is 18.1 Å². The standard InChI is InChI=1S/C25H27N5O4S.ClH/c1-15-6-4-7-16(2)23(15)20-13-22-28-25(27-20)29-35(32,33)19-9-5-8-18(12-19)24(31)30-11-10-26-14-21(30)17(3)34-22;/h4-9,12-13,17,21,26H,10-11,14H2,1-3H3,(H,27,28,29);1H. The molecule has 1 aromatic heterocycles. The van der Waals surface area contributed by atoms with Crippen LogP contribution < -0.4 is 14.8 Å². The number of amides is 1. The fourth-order valence-electron chi connectivity index (χ4n) is 4.68. The van der Waals surface area contributed by atoms with E-state index in [0.29, 0.717) is 30.9 Å². The maximum Gasteiger partial charge on any atom is 0.264 e. The SMILES string of the molecule is Cc1cccc(C)c1-c1cc2nc(n1)NS(=O)(=O)c1cccc(c1)C(=O)N1CCNCC1C(C)O2.Cl. The van der Waals surface area contributed by atoms with E-state index >= 15 is 0 Å². The van der Waals surface area contributed by atoms with E-state index in [4.69, 9.17) is 4.74 Å². The van der Waals surface area contributed by atoms with E-state index in [1.807, 2.05) is 39.0 Å². The maximum atomic E-state index is 13.4. The maximum absolute atomic E-state index is 13.4. The number of nitrogens with one attached hydrogen (secondary N) is 2. The molecule has 36 heavy (non-hydrogen) atoms. The fourth-order valence-corrected chi connectivity index (χ4v) is 5.67. The summed E-state index contributed by atoms with van der Waals surface area (Å²) in [6.07, 6.45) is -0.416. The van der Waals surface area contributed by atoms with Crippen LogP contribution in [-0.4, -0.2) is 61.0 Å². The van der Waals surface area contributed by atoms with Crippen LogP contribution in [0.3, 0.4) is 0 Å². The Hall–Kier alpha value is -3.21. The van der Waals surface area contributed by atoms with E-state index in [1.165, 1.54) is 12.1 Å². The molecule has 2 aliphatic rings. The molecule has 0 saturated carbocycles. The summed E-state index contributed by atoms with van der Waals surface area (Å²) in [5.41, 5.74) is 3.73. The van der Waals surface area contributed by atoms with Crippen molar-refractivity contribution >= 4 is 34.3 Å². The van der Waals surface area contributed by atoms with E-state index < -0.39 is 16.1 Å². The molecular formula is C25H28ClN5O4S. The van der Waals surface area contributed by atoms with Crippen molar-refractivity contribution in [3.05, 3.63) is 65.2 Å². The third-order valence-electron chi connectivity index (χ3n) is 6.45. The molecule has 0 radical (unpaired) electrons. The Kier molecular flexibility index (Phi) is 7.21. The summed E-state index contributed by atoms with van der Waals surface area (Å²) >= 11 is 0. The van der Waals surface area contributed by atoms with Crippen molar-refractivity contribution in [1.29, 1.82) is 0 Å². The van der Waals surface area contributed by atoms with Gasteiger partial charge in [-0.15, -0.1) is 12.4 Å². The number of halogens is 1. The molecule has 2 aromatic carbocycles. The van der Waals surface area contributed by atoms with Gasteiger partial charge in [-0.1, -0.05) is 24.3 Å². The molecule has 190 valence electrons. The van der Waals surface area contributed by atoms with E-state index in [9.17, 15) is 13.2 Å².